The molecule has 1 aliphatic rings. The molecule has 0 aliphatic carbocycles. The number of nitrogens with zero attached hydrogens (tertiary/aromatic N) is 3. The molecule has 6 nitrogen and oxygen atoms in total. The molecule has 28 heavy (non-hydrogen) atoms. The Kier molecular flexibility index (Phi) is 7.41. The van der Waals surface area contributed by atoms with Gasteiger partial charge < -0.3 is 10.2 Å². The molecule has 3 aromatic rings. The zero-order chi connectivity index (χ0) is 18.1. The number of hydrogen-bond donors (Lipinski definition) is 2. The molecule has 1 amide bonds. The first kappa shape index (κ1) is 22.1. The number of rotatable bonds is 3. The van der Waals surface area contributed by atoms with Crippen LogP contribution in [0.4, 0.5) is 0 Å². The van der Waals surface area contributed by atoms with E-state index in [0.717, 1.165) is 36.2 Å². The highest BCUT2D eigenvalue weighted by atomic mass is 35.5. The van der Waals surface area contributed by atoms with Crippen molar-refractivity contribution in [3.63, 3.8) is 0 Å². The molecule has 3 heterocycles. The number of fused-ring (bicyclic) bond motifs is 1. The number of aromatic amines is 1. The first-order chi connectivity index (χ1) is 12.7. The van der Waals surface area contributed by atoms with Crippen LogP contribution in [0.25, 0.3) is 11.0 Å². The Hall–Kier alpha value is -2.15. The van der Waals surface area contributed by atoms with Gasteiger partial charge in [0.05, 0.1) is 11.6 Å². The molecule has 1 atom stereocenters. The van der Waals surface area contributed by atoms with Crippen molar-refractivity contribution < 1.29 is 4.79 Å². The number of aromatic nitrogens is 3. The molecule has 1 saturated heterocycles. The second-order valence-corrected chi connectivity index (χ2v) is 6.76. The lowest BCUT2D eigenvalue weighted by Gasteiger charge is -2.36. The number of piperazine rings is 1. The lowest BCUT2D eigenvalue weighted by Crippen LogP contribution is -2.48. The van der Waals surface area contributed by atoms with E-state index in [-0.39, 0.29) is 36.8 Å². The van der Waals surface area contributed by atoms with Crippen molar-refractivity contribution in [2.75, 3.05) is 19.6 Å². The van der Waals surface area contributed by atoms with Crippen LogP contribution in [0.5, 0.6) is 0 Å². The number of halogens is 2. The van der Waals surface area contributed by atoms with Crippen molar-refractivity contribution in [3.05, 3.63) is 58.9 Å². The summed E-state index contributed by atoms with van der Waals surface area (Å²) >= 11 is 0. The van der Waals surface area contributed by atoms with Gasteiger partial charge in [-0.05, 0) is 30.5 Å². The van der Waals surface area contributed by atoms with E-state index in [9.17, 15) is 4.79 Å². The van der Waals surface area contributed by atoms with Gasteiger partial charge in [-0.15, -0.1) is 24.8 Å². The van der Waals surface area contributed by atoms with Crippen LogP contribution in [0.3, 0.4) is 0 Å². The Bertz CT molecular complexity index is 941. The van der Waals surface area contributed by atoms with Crippen molar-refractivity contribution in [3.8, 4) is 0 Å². The molecule has 2 aromatic heterocycles. The Balaban J connectivity index is 0.00000140. The fourth-order valence-electron chi connectivity index (χ4n) is 3.52. The third-order valence-corrected chi connectivity index (χ3v) is 5.12. The molecule has 0 radical (unpaired) electrons. The molecular weight excluding hydrogens is 397 g/mol. The van der Waals surface area contributed by atoms with Crippen LogP contribution in [0.15, 0.2) is 36.5 Å². The highest BCUT2D eigenvalue weighted by Gasteiger charge is 2.29. The number of amides is 1. The fourth-order valence-corrected chi connectivity index (χ4v) is 3.52. The number of benzene rings is 1. The van der Waals surface area contributed by atoms with E-state index in [1.54, 1.807) is 6.20 Å². The molecular formula is C20H25Cl2N5O. The Morgan fingerprint density at radius 1 is 1.25 bits per heavy atom. The molecule has 2 N–H and O–H groups in total. The van der Waals surface area contributed by atoms with Crippen molar-refractivity contribution in [1.82, 2.24) is 25.4 Å². The zero-order valence-electron chi connectivity index (χ0n) is 15.9. The molecule has 1 aliphatic heterocycles. The minimum Gasteiger partial charge on any atom is -0.329 e. The monoisotopic (exact) mass is 421 g/mol. The maximum absolute atomic E-state index is 13.2. The van der Waals surface area contributed by atoms with E-state index in [1.165, 1.54) is 5.56 Å². The third kappa shape index (κ3) is 4.14. The molecule has 4 rings (SSSR count). The lowest BCUT2D eigenvalue weighted by molar-refractivity contribution is 0.0634. The van der Waals surface area contributed by atoms with E-state index in [0.29, 0.717) is 17.8 Å². The van der Waals surface area contributed by atoms with Gasteiger partial charge in [-0.1, -0.05) is 31.2 Å². The maximum atomic E-state index is 13.2. The minimum atomic E-state index is 0. The summed E-state index contributed by atoms with van der Waals surface area (Å²) in [5, 5.41) is 11.4. The molecule has 0 spiro atoms. The minimum absolute atomic E-state index is 0. The van der Waals surface area contributed by atoms with Gasteiger partial charge in [-0.25, -0.2) is 4.98 Å². The summed E-state index contributed by atoms with van der Waals surface area (Å²) in [6, 6.07) is 10.5. The number of carbonyl (C=O) groups excluding carboxylic acids is 1. The van der Waals surface area contributed by atoms with E-state index < -0.39 is 0 Å². The van der Waals surface area contributed by atoms with Crippen molar-refractivity contribution in [2.24, 2.45) is 0 Å². The summed E-state index contributed by atoms with van der Waals surface area (Å²) < 4.78 is 0. The largest absolute Gasteiger partial charge is 0.329 e. The standard InChI is InChI=1S/C20H23N5O.2ClH/c1-3-14-4-6-15(7-5-14)18-12-21-8-9-25(18)20(26)16-10-17-13(2)23-24-19(17)22-11-16;;/h4-7,10-11,18,21H,3,8-9,12H2,1-2H3,(H,22,23,24);2*1H. The molecule has 8 heteroatoms. The van der Waals surface area contributed by atoms with Crippen LogP contribution in [0.2, 0.25) is 0 Å². The third-order valence-electron chi connectivity index (χ3n) is 5.12. The molecule has 1 fully saturated rings. The second-order valence-electron chi connectivity index (χ2n) is 6.76. The lowest BCUT2D eigenvalue weighted by atomic mass is 10.00. The average molecular weight is 422 g/mol. The summed E-state index contributed by atoms with van der Waals surface area (Å²) in [4.78, 5) is 19.5. The number of pyridine rings is 1. The van der Waals surface area contributed by atoms with Crippen LogP contribution >= 0.6 is 24.8 Å². The molecule has 0 saturated carbocycles. The highest BCUT2D eigenvalue weighted by molar-refractivity contribution is 5.97. The summed E-state index contributed by atoms with van der Waals surface area (Å²) in [5.41, 5.74) is 4.65. The van der Waals surface area contributed by atoms with Crippen LogP contribution < -0.4 is 5.32 Å². The molecule has 0 bridgehead atoms. The predicted molar refractivity (Wildman–Crippen MR) is 116 cm³/mol. The van der Waals surface area contributed by atoms with Gasteiger partial charge in [0.1, 0.15) is 0 Å². The summed E-state index contributed by atoms with van der Waals surface area (Å²) in [7, 11) is 0. The predicted octanol–water partition coefficient (Wildman–Crippen LogP) is 3.46. The van der Waals surface area contributed by atoms with Gasteiger partial charge in [0.15, 0.2) is 5.65 Å². The van der Waals surface area contributed by atoms with Crippen LogP contribution in [-0.2, 0) is 6.42 Å². The number of H-pyrrole nitrogens is 1. The summed E-state index contributed by atoms with van der Waals surface area (Å²) in [6.07, 6.45) is 2.64. The van der Waals surface area contributed by atoms with Crippen molar-refractivity contribution >= 4 is 41.8 Å². The normalized spacial score (nSPS) is 16.4. The molecule has 1 unspecified atom stereocenters. The first-order valence-electron chi connectivity index (χ1n) is 9.08. The van der Waals surface area contributed by atoms with Crippen LogP contribution in [0.1, 0.15) is 40.1 Å². The maximum Gasteiger partial charge on any atom is 0.256 e. The summed E-state index contributed by atoms with van der Waals surface area (Å²) in [6.45, 7) is 6.33. The average Bonchev–Trinajstić information content (AvgIpc) is 3.08. The topological polar surface area (TPSA) is 73.9 Å². The van der Waals surface area contributed by atoms with Gasteiger partial charge in [0.25, 0.3) is 5.91 Å². The smallest absolute Gasteiger partial charge is 0.256 e. The van der Waals surface area contributed by atoms with E-state index in [2.05, 4.69) is 51.7 Å². The van der Waals surface area contributed by atoms with Crippen LogP contribution in [0, 0.1) is 6.92 Å². The number of nitrogens with one attached hydrogen (secondary N) is 2. The number of aryl methyl sites for hydroxylation is 2. The van der Waals surface area contributed by atoms with Crippen LogP contribution in [-0.4, -0.2) is 45.6 Å². The quantitative estimate of drug-likeness (QED) is 0.678. The highest BCUT2D eigenvalue weighted by Crippen LogP contribution is 2.25. The number of carbonyl (C=O) groups is 1. The van der Waals surface area contributed by atoms with Gasteiger partial charge in [-0.3, -0.25) is 9.89 Å². The zero-order valence-corrected chi connectivity index (χ0v) is 17.6. The Morgan fingerprint density at radius 2 is 2.00 bits per heavy atom. The molecule has 150 valence electrons. The van der Waals surface area contributed by atoms with Gasteiger partial charge >= 0.3 is 0 Å². The summed E-state index contributed by atoms with van der Waals surface area (Å²) in [5.74, 6) is 0.0195. The van der Waals surface area contributed by atoms with Gasteiger partial charge in [-0.2, -0.15) is 5.10 Å². The SMILES string of the molecule is CCc1ccc(C2CNCCN2C(=O)c2cnc3n[nH]c(C)c3c2)cc1.Cl.Cl. The van der Waals surface area contributed by atoms with E-state index in [4.69, 9.17) is 0 Å². The van der Waals surface area contributed by atoms with Crippen molar-refractivity contribution in [1.29, 1.82) is 0 Å². The number of hydrogen-bond acceptors (Lipinski definition) is 4. The fraction of sp³-hybridized carbons (Fsp3) is 0.350. The Labute approximate surface area is 176 Å². The van der Waals surface area contributed by atoms with Crippen molar-refractivity contribution in [2.45, 2.75) is 26.3 Å². The second kappa shape index (κ2) is 9.37. The van der Waals surface area contributed by atoms with Gasteiger partial charge in [0.2, 0.25) is 0 Å². The van der Waals surface area contributed by atoms with E-state index in [1.807, 2.05) is 17.9 Å². The molecule has 1 aromatic carbocycles. The van der Waals surface area contributed by atoms with Gasteiger partial charge in [0, 0.05) is 36.9 Å². The first-order valence-corrected chi connectivity index (χ1v) is 9.08. The van der Waals surface area contributed by atoms with E-state index >= 15 is 0 Å². The Morgan fingerprint density at radius 3 is 2.71 bits per heavy atom.